The molecular formula is C9H19N3O. The predicted molar refractivity (Wildman–Crippen MR) is 51.8 cm³/mol. The molecule has 1 fully saturated rings. The van der Waals surface area contributed by atoms with Gasteiger partial charge in [0.2, 0.25) is 5.91 Å². The molecule has 1 amide bonds. The molecule has 3 N–H and O–H groups in total. The molecule has 1 aliphatic carbocycles. The maximum absolute atomic E-state index is 10.8. The standard InChI is InChI=1S/C9H19N3O/c1-12(7-8-4-5-8)6-2-3-9(13)11-10/h8H,2-7,10H2,1H3,(H,11,13). The van der Waals surface area contributed by atoms with E-state index in [1.54, 1.807) is 0 Å². The number of rotatable bonds is 6. The molecule has 4 nitrogen and oxygen atoms in total. The predicted octanol–water partition coefficient (Wildman–Crippen LogP) is 0.0983. The van der Waals surface area contributed by atoms with Crippen molar-refractivity contribution >= 4 is 5.91 Å². The quantitative estimate of drug-likeness (QED) is 0.350. The van der Waals surface area contributed by atoms with Gasteiger partial charge in [0.05, 0.1) is 0 Å². The zero-order chi connectivity index (χ0) is 9.68. The summed E-state index contributed by atoms with van der Waals surface area (Å²) in [4.78, 5) is 13.1. The Morgan fingerprint density at radius 1 is 1.62 bits per heavy atom. The lowest BCUT2D eigenvalue weighted by Gasteiger charge is -2.15. The molecule has 0 atom stereocenters. The minimum Gasteiger partial charge on any atom is -0.306 e. The first-order chi connectivity index (χ1) is 6.22. The van der Waals surface area contributed by atoms with Gasteiger partial charge < -0.3 is 4.90 Å². The van der Waals surface area contributed by atoms with E-state index in [1.807, 2.05) is 0 Å². The third-order valence-electron chi connectivity index (χ3n) is 2.37. The van der Waals surface area contributed by atoms with Crippen molar-refractivity contribution in [3.63, 3.8) is 0 Å². The van der Waals surface area contributed by atoms with Gasteiger partial charge in [-0.1, -0.05) is 0 Å². The zero-order valence-corrected chi connectivity index (χ0v) is 8.25. The summed E-state index contributed by atoms with van der Waals surface area (Å²) in [5.41, 5.74) is 2.13. The summed E-state index contributed by atoms with van der Waals surface area (Å²) < 4.78 is 0. The molecule has 0 aromatic carbocycles. The maximum Gasteiger partial charge on any atom is 0.233 e. The van der Waals surface area contributed by atoms with Crippen LogP contribution < -0.4 is 11.3 Å². The van der Waals surface area contributed by atoms with Gasteiger partial charge in [-0.15, -0.1) is 0 Å². The highest BCUT2D eigenvalue weighted by Crippen LogP contribution is 2.29. The van der Waals surface area contributed by atoms with E-state index in [1.165, 1.54) is 19.4 Å². The van der Waals surface area contributed by atoms with E-state index in [-0.39, 0.29) is 5.91 Å². The van der Waals surface area contributed by atoms with Crippen LogP contribution in [-0.4, -0.2) is 30.9 Å². The van der Waals surface area contributed by atoms with Gasteiger partial charge in [0.25, 0.3) is 0 Å². The molecule has 0 aromatic heterocycles. The lowest BCUT2D eigenvalue weighted by Crippen LogP contribution is -2.31. The lowest BCUT2D eigenvalue weighted by molar-refractivity contribution is -0.121. The highest BCUT2D eigenvalue weighted by Gasteiger charge is 2.22. The minimum atomic E-state index is -0.0696. The average molecular weight is 185 g/mol. The van der Waals surface area contributed by atoms with Gasteiger partial charge in [-0.2, -0.15) is 0 Å². The minimum absolute atomic E-state index is 0.0696. The van der Waals surface area contributed by atoms with Crippen molar-refractivity contribution in [2.24, 2.45) is 11.8 Å². The Balaban J connectivity index is 1.94. The second-order valence-electron chi connectivity index (χ2n) is 3.88. The SMILES string of the molecule is CN(CCCC(=O)NN)CC1CC1. The summed E-state index contributed by atoms with van der Waals surface area (Å²) in [5.74, 6) is 5.82. The smallest absolute Gasteiger partial charge is 0.233 e. The lowest BCUT2D eigenvalue weighted by atomic mass is 10.2. The Bertz CT molecular complexity index is 168. The number of amides is 1. The van der Waals surface area contributed by atoms with E-state index in [4.69, 9.17) is 5.84 Å². The number of carbonyl (C=O) groups excluding carboxylic acids is 1. The Hall–Kier alpha value is -0.610. The van der Waals surface area contributed by atoms with Crippen LogP contribution >= 0.6 is 0 Å². The molecule has 0 unspecified atom stereocenters. The number of nitrogens with one attached hydrogen (secondary N) is 1. The first-order valence-electron chi connectivity index (χ1n) is 4.90. The van der Waals surface area contributed by atoms with Crippen LogP contribution in [0, 0.1) is 5.92 Å². The summed E-state index contributed by atoms with van der Waals surface area (Å²) in [6.45, 7) is 2.17. The molecule has 1 aliphatic rings. The van der Waals surface area contributed by atoms with E-state index in [2.05, 4.69) is 17.4 Å². The van der Waals surface area contributed by atoms with E-state index in [0.29, 0.717) is 6.42 Å². The Morgan fingerprint density at radius 2 is 2.31 bits per heavy atom. The van der Waals surface area contributed by atoms with Crippen LogP contribution in [0.3, 0.4) is 0 Å². The fraction of sp³-hybridized carbons (Fsp3) is 0.889. The van der Waals surface area contributed by atoms with E-state index < -0.39 is 0 Å². The van der Waals surface area contributed by atoms with Gasteiger partial charge >= 0.3 is 0 Å². The molecule has 76 valence electrons. The number of hydrazine groups is 1. The van der Waals surface area contributed by atoms with Gasteiger partial charge in [0.15, 0.2) is 0 Å². The third kappa shape index (κ3) is 4.85. The van der Waals surface area contributed by atoms with Gasteiger partial charge in [0.1, 0.15) is 0 Å². The molecule has 1 saturated carbocycles. The number of hydrogen-bond donors (Lipinski definition) is 2. The van der Waals surface area contributed by atoms with Crippen LogP contribution in [0.2, 0.25) is 0 Å². The number of nitrogens with zero attached hydrogens (tertiary/aromatic N) is 1. The van der Waals surface area contributed by atoms with Gasteiger partial charge in [-0.25, -0.2) is 5.84 Å². The summed E-state index contributed by atoms with van der Waals surface area (Å²) in [7, 11) is 2.11. The van der Waals surface area contributed by atoms with Crippen LogP contribution in [-0.2, 0) is 4.79 Å². The Morgan fingerprint density at radius 3 is 2.85 bits per heavy atom. The van der Waals surface area contributed by atoms with Crippen molar-refractivity contribution in [1.82, 2.24) is 10.3 Å². The second-order valence-corrected chi connectivity index (χ2v) is 3.88. The summed E-state index contributed by atoms with van der Waals surface area (Å²) in [6.07, 6.45) is 4.19. The van der Waals surface area contributed by atoms with E-state index >= 15 is 0 Å². The van der Waals surface area contributed by atoms with Crippen molar-refractivity contribution in [1.29, 1.82) is 0 Å². The van der Waals surface area contributed by atoms with Gasteiger partial charge in [-0.05, 0) is 38.8 Å². The average Bonchev–Trinajstić information content (AvgIpc) is 2.88. The summed E-state index contributed by atoms with van der Waals surface area (Å²) in [6, 6.07) is 0. The molecule has 0 heterocycles. The zero-order valence-electron chi connectivity index (χ0n) is 8.25. The monoisotopic (exact) mass is 185 g/mol. The molecule has 1 rings (SSSR count). The van der Waals surface area contributed by atoms with Crippen molar-refractivity contribution in [3.05, 3.63) is 0 Å². The molecule has 0 aromatic rings. The highest BCUT2D eigenvalue weighted by atomic mass is 16.2. The van der Waals surface area contributed by atoms with Crippen molar-refractivity contribution in [2.75, 3.05) is 20.1 Å². The number of hydrogen-bond acceptors (Lipinski definition) is 3. The van der Waals surface area contributed by atoms with E-state index in [9.17, 15) is 4.79 Å². The summed E-state index contributed by atoms with van der Waals surface area (Å²) >= 11 is 0. The topological polar surface area (TPSA) is 58.4 Å². The maximum atomic E-state index is 10.8. The number of nitrogens with two attached hydrogens (primary N) is 1. The molecule has 4 heteroatoms. The Kier molecular flexibility index (Phi) is 4.18. The van der Waals surface area contributed by atoms with Crippen LogP contribution in [0.25, 0.3) is 0 Å². The van der Waals surface area contributed by atoms with Crippen LogP contribution in [0.5, 0.6) is 0 Å². The molecule has 0 saturated heterocycles. The Labute approximate surface area is 79.4 Å². The largest absolute Gasteiger partial charge is 0.306 e. The summed E-state index contributed by atoms with van der Waals surface area (Å²) in [5, 5.41) is 0. The first kappa shape index (κ1) is 10.5. The van der Waals surface area contributed by atoms with Crippen LogP contribution in [0.4, 0.5) is 0 Å². The fourth-order valence-electron chi connectivity index (χ4n) is 1.41. The fourth-order valence-corrected chi connectivity index (χ4v) is 1.41. The molecule has 0 radical (unpaired) electrons. The first-order valence-corrected chi connectivity index (χ1v) is 4.90. The molecule has 0 aliphatic heterocycles. The molecule has 0 bridgehead atoms. The van der Waals surface area contributed by atoms with Crippen molar-refractivity contribution < 1.29 is 4.79 Å². The highest BCUT2D eigenvalue weighted by molar-refractivity contribution is 5.75. The van der Waals surface area contributed by atoms with Crippen molar-refractivity contribution in [2.45, 2.75) is 25.7 Å². The van der Waals surface area contributed by atoms with Gasteiger partial charge in [-0.3, -0.25) is 10.2 Å². The molecule has 0 spiro atoms. The van der Waals surface area contributed by atoms with Crippen molar-refractivity contribution in [3.8, 4) is 0 Å². The number of carbonyl (C=O) groups is 1. The second kappa shape index (κ2) is 5.19. The molecule has 13 heavy (non-hydrogen) atoms. The van der Waals surface area contributed by atoms with Crippen LogP contribution in [0.15, 0.2) is 0 Å². The molecular weight excluding hydrogens is 166 g/mol. The normalized spacial score (nSPS) is 16.2. The van der Waals surface area contributed by atoms with E-state index in [0.717, 1.165) is 18.9 Å². The van der Waals surface area contributed by atoms with Gasteiger partial charge in [0, 0.05) is 13.0 Å². The van der Waals surface area contributed by atoms with Crippen LogP contribution in [0.1, 0.15) is 25.7 Å². The third-order valence-corrected chi connectivity index (χ3v) is 2.37.